The van der Waals surface area contributed by atoms with E-state index in [1.807, 2.05) is 30.3 Å². The summed E-state index contributed by atoms with van der Waals surface area (Å²) in [6, 6.07) is 8.05. The Balaban J connectivity index is 1.88. The maximum Gasteiger partial charge on any atom is 0.475 e. The molecular formula is C19H28BN3O6. The average molecular weight is 405 g/mol. The number of nitrogens with one attached hydrogen (secondary N) is 3. The Labute approximate surface area is 170 Å². The molecule has 10 heteroatoms. The van der Waals surface area contributed by atoms with Crippen molar-refractivity contribution in [1.82, 2.24) is 16.0 Å². The molecule has 2 rings (SSSR count). The molecule has 0 saturated carbocycles. The van der Waals surface area contributed by atoms with Gasteiger partial charge >= 0.3 is 7.12 Å². The number of benzene rings is 1. The zero-order valence-corrected chi connectivity index (χ0v) is 16.5. The second-order valence-electron chi connectivity index (χ2n) is 7.08. The minimum atomic E-state index is -1.73. The van der Waals surface area contributed by atoms with Crippen LogP contribution in [0.15, 0.2) is 30.3 Å². The molecule has 0 spiro atoms. The van der Waals surface area contributed by atoms with Gasteiger partial charge in [0.05, 0.1) is 12.5 Å². The van der Waals surface area contributed by atoms with Crippen LogP contribution in [0.2, 0.25) is 0 Å². The fourth-order valence-corrected chi connectivity index (χ4v) is 3.18. The van der Waals surface area contributed by atoms with Crippen molar-refractivity contribution in [3.8, 4) is 0 Å². The summed E-state index contributed by atoms with van der Waals surface area (Å²) in [7, 11) is -0.343. The molecular weight excluding hydrogens is 377 g/mol. The molecule has 158 valence electrons. The van der Waals surface area contributed by atoms with Gasteiger partial charge in [0.2, 0.25) is 17.7 Å². The predicted octanol–water partition coefficient (Wildman–Crippen LogP) is -1.08. The van der Waals surface area contributed by atoms with E-state index >= 15 is 0 Å². The largest absolute Gasteiger partial charge is 0.475 e. The summed E-state index contributed by atoms with van der Waals surface area (Å²) < 4.78 is 5.00. The van der Waals surface area contributed by atoms with Crippen molar-refractivity contribution in [1.29, 1.82) is 0 Å². The molecule has 1 aromatic rings. The smallest absolute Gasteiger partial charge is 0.426 e. The molecule has 0 aromatic heterocycles. The molecule has 1 aliphatic heterocycles. The number of aryl methyl sites for hydroxylation is 1. The van der Waals surface area contributed by atoms with E-state index in [4.69, 9.17) is 4.74 Å². The molecule has 5 N–H and O–H groups in total. The highest BCUT2D eigenvalue weighted by Crippen LogP contribution is 2.09. The van der Waals surface area contributed by atoms with Crippen molar-refractivity contribution in [2.24, 2.45) is 0 Å². The minimum Gasteiger partial charge on any atom is -0.426 e. The van der Waals surface area contributed by atoms with Gasteiger partial charge in [-0.1, -0.05) is 30.3 Å². The number of carbonyl (C=O) groups is 3. The first-order valence-corrected chi connectivity index (χ1v) is 9.69. The standard InChI is InChI=1S/C19H28BN3O6/c1-29-12-15(22-18(25)14-10-11-17(24)21-14)19(26)23-16(20(27)28)9-5-8-13-6-3-2-4-7-13/h2-4,6-7,14-16,27-28H,5,8-12H2,1H3,(H,21,24)(H,22,25)(H,23,26)/t14-,15-,16+/m1/s1. The Morgan fingerprint density at radius 1 is 1.28 bits per heavy atom. The van der Waals surface area contributed by atoms with Crippen LogP contribution in [-0.4, -0.2) is 66.6 Å². The van der Waals surface area contributed by atoms with E-state index in [1.54, 1.807) is 0 Å². The summed E-state index contributed by atoms with van der Waals surface area (Å²) in [6.45, 7) is -0.0868. The van der Waals surface area contributed by atoms with E-state index in [2.05, 4.69) is 16.0 Å². The van der Waals surface area contributed by atoms with Crippen LogP contribution in [-0.2, 0) is 25.5 Å². The Bertz CT molecular complexity index is 688. The van der Waals surface area contributed by atoms with Gasteiger partial charge < -0.3 is 30.7 Å². The van der Waals surface area contributed by atoms with Gasteiger partial charge in [0, 0.05) is 13.5 Å². The number of carbonyl (C=O) groups excluding carboxylic acids is 3. The van der Waals surface area contributed by atoms with Gasteiger partial charge in [0.15, 0.2) is 0 Å². The highest BCUT2D eigenvalue weighted by Gasteiger charge is 2.32. The van der Waals surface area contributed by atoms with Gasteiger partial charge in [0.25, 0.3) is 0 Å². The molecule has 3 atom stereocenters. The third-order valence-corrected chi connectivity index (χ3v) is 4.79. The maximum atomic E-state index is 12.6. The maximum absolute atomic E-state index is 12.6. The van der Waals surface area contributed by atoms with Crippen LogP contribution in [0.1, 0.15) is 31.2 Å². The molecule has 0 aliphatic carbocycles. The molecule has 1 fully saturated rings. The summed E-state index contributed by atoms with van der Waals surface area (Å²) in [5.74, 6) is -2.14. The van der Waals surface area contributed by atoms with Gasteiger partial charge in [-0.25, -0.2) is 0 Å². The third-order valence-electron chi connectivity index (χ3n) is 4.79. The summed E-state index contributed by atoms with van der Waals surface area (Å²) in [5.41, 5.74) is 1.12. The number of methoxy groups -OCH3 is 1. The average Bonchev–Trinajstić information content (AvgIpc) is 3.14. The quantitative estimate of drug-likeness (QED) is 0.297. The van der Waals surface area contributed by atoms with E-state index < -0.39 is 37.0 Å². The number of hydrogen-bond acceptors (Lipinski definition) is 6. The van der Waals surface area contributed by atoms with Crippen LogP contribution in [0.3, 0.4) is 0 Å². The summed E-state index contributed by atoms with van der Waals surface area (Å²) >= 11 is 0. The number of amides is 3. The van der Waals surface area contributed by atoms with Gasteiger partial charge in [-0.2, -0.15) is 0 Å². The number of ether oxygens (including phenoxy) is 1. The molecule has 0 radical (unpaired) electrons. The van der Waals surface area contributed by atoms with Crippen molar-refractivity contribution in [2.45, 2.75) is 50.1 Å². The number of hydrogen-bond donors (Lipinski definition) is 5. The first-order chi connectivity index (χ1) is 13.9. The fraction of sp³-hybridized carbons (Fsp3) is 0.526. The van der Waals surface area contributed by atoms with E-state index in [0.717, 1.165) is 12.0 Å². The summed E-state index contributed by atoms with van der Waals surface area (Å²) in [6.07, 6.45) is 2.36. The van der Waals surface area contributed by atoms with E-state index in [1.165, 1.54) is 7.11 Å². The van der Waals surface area contributed by atoms with Crippen LogP contribution < -0.4 is 16.0 Å². The predicted molar refractivity (Wildman–Crippen MR) is 106 cm³/mol. The molecule has 9 nitrogen and oxygen atoms in total. The third kappa shape index (κ3) is 7.49. The molecule has 1 aliphatic rings. The van der Waals surface area contributed by atoms with Crippen LogP contribution in [0.4, 0.5) is 0 Å². The lowest BCUT2D eigenvalue weighted by atomic mass is 9.76. The molecule has 0 bridgehead atoms. The second kappa shape index (κ2) is 11.5. The highest BCUT2D eigenvalue weighted by molar-refractivity contribution is 6.43. The Kier molecular flexibility index (Phi) is 9.10. The fourth-order valence-electron chi connectivity index (χ4n) is 3.18. The van der Waals surface area contributed by atoms with E-state index in [0.29, 0.717) is 19.3 Å². The topological polar surface area (TPSA) is 137 Å². The Morgan fingerprint density at radius 3 is 2.59 bits per heavy atom. The lowest BCUT2D eigenvalue weighted by Gasteiger charge is -2.23. The van der Waals surface area contributed by atoms with Crippen molar-refractivity contribution < 1.29 is 29.2 Å². The van der Waals surface area contributed by atoms with Crippen molar-refractivity contribution in [2.75, 3.05) is 13.7 Å². The highest BCUT2D eigenvalue weighted by atomic mass is 16.5. The Morgan fingerprint density at radius 2 is 2.00 bits per heavy atom. The van der Waals surface area contributed by atoms with Crippen LogP contribution >= 0.6 is 0 Å². The van der Waals surface area contributed by atoms with Crippen LogP contribution in [0.5, 0.6) is 0 Å². The minimum absolute atomic E-state index is 0.0868. The molecule has 1 aromatic carbocycles. The SMILES string of the molecule is COC[C@@H](NC(=O)[C@H]1CCC(=O)N1)C(=O)N[C@@H](CCCc1ccccc1)B(O)O. The van der Waals surface area contributed by atoms with Crippen molar-refractivity contribution in [3.05, 3.63) is 35.9 Å². The second-order valence-corrected chi connectivity index (χ2v) is 7.08. The molecule has 1 saturated heterocycles. The van der Waals surface area contributed by atoms with Crippen molar-refractivity contribution >= 4 is 24.8 Å². The number of rotatable bonds is 11. The molecule has 1 heterocycles. The molecule has 0 unspecified atom stereocenters. The van der Waals surface area contributed by atoms with Gasteiger partial charge in [-0.3, -0.25) is 14.4 Å². The molecule has 29 heavy (non-hydrogen) atoms. The van der Waals surface area contributed by atoms with Crippen molar-refractivity contribution in [3.63, 3.8) is 0 Å². The Hall–Kier alpha value is -2.43. The van der Waals surface area contributed by atoms with Gasteiger partial charge in [-0.05, 0) is 31.2 Å². The zero-order chi connectivity index (χ0) is 21.2. The van der Waals surface area contributed by atoms with Gasteiger partial charge in [0.1, 0.15) is 12.1 Å². The lowest BCUT2D eigenvalue weighted by Crippen LogP contribution is -2.57. The van der Waals surface area contributed by atoms with Crippen LogP contribution in [0.25, 0.3) is 0 Å². The van der Waals surface area contributed by atoms with Gasteiger partial charge in [-0.15, -0.1) is 0 Å². The first-order valence-electron chi connectivity index (χ1n) is 9.69. The van der Waals surface area contributed by atoms with E-state index in [-0.39, 0.29) is 18.9 Å². The summed E-state index contributed by atoms with van der Waals surface area (Å²) in [5, 5.41) is 26.9. The summed E-state index contributed by atoms with van der Waals surface area (Å²) in [4.78, 5) is 36.1. The normalized spacial score (nSPS) is 17.9. The lowest BCUT2D eigenvalue weighted by molar-refractivity contribution is -0.131. The zero-order valence-electron chi connectivity index (χ0n) is 16.5. The first kappa shape index (κ1) is 22.9. The monoisotopic (exact) mass is 405 g/mol. The van der Waals surface area contributed by atoms with E-state index in [9.17, 15) is 24.4 Å². The molecule has 3 amide bonds. The van der Waals surface area contributed by atoms with Crippen LogP contribution in [0, 0.1) is 0 Å².